The molecule has 0 bridgehead atoms. The van der Waals surface area contributed by atoms with Gasteiger partial charge in [0.25, 0.3) is 11.8 Å². The van der Waals surface area contributed by atoms with Gasteiger partial charge in [0.1, 0.15) is 28.5 Å². The molecule has 246 valence electrons. The van der Waals surface area contributed by atoms with E-state index in [9.17, 15) is 29.4 Å². The van der Waals surface area contributed by atoms with E-state index in [4.69, 9.17) is 33.6 Å². The third-order valence-electron chi connectivity index (χ3n) is 6.83. The van der Waals surface area contributed by atoms with Gasteiger partial charge in [-0.3, -0.25) is 14.5 Å². The Kier molecular flexibility index (Phi) is 9.53. The van der Waals surface area contributed by atoms with Gasteiger partial charge >= 0.3 is 17.1 Å². The fraction of sp³-hybridized carbons (Fsp3) is 0.259. The Hall–Kier alpha value is -4.59. The number of thioether (sulfide) groups is 2. The first-order valence-corrected chi connectivity index (χ1v) is 16.8. The quantitative estimate of drug-likeness (QED) is 0.0408. The molecule has 20 heteroatoms. The Balaban J connectivity index is 1.36. The highest BCUT2D eigenvalue weighted by molar-refractivity contribution is 8.01. The largest absolute Gasteiger partial charge is 0.478 e. The third-order valence-corrected chi connectivity index (χ3v) is 10.1. The Morgan fingerprint density at radius 1 is 1.21 bits per heavy atom. The number of nitrogens with two attached hydrogens (primary N) is 3. The molecule has 5 rings (SSSR count). The molecule has 4 heterocycles. The summed E-state index contributed by atoms with van der Waals surface area (Å²) in [7, 11) is 0. The number of amides is 2. The Morgan fingerprint density at radius 3 is 2.53 bits per heavy atom. The molecular formula is C27H27ClN9O7S3+. The molecule has 0 saturated carbocycles. The van der Waals surface area contributed by atoms with Gasteiger partial charge in [-0.25, -0.2) is 14.6 Å². The summed E-state index contributed by atoms with van der Waals surface area (Å²) in [6, 6.07) is 7.24. The lowest BCUT2D eigenvalue weighted by atomic mass is 10.0. The van der Waals surface area contributed by atoms with Gasteiger partial charge in [0.05, 0.1) is 6.07 Å². The molecule has 16 nitrogen and oxygen atoms in total. The fourth-order valence-corrected chi connectivity index (χ4v) is 7.62. The minimum atomic E-state index is -1.79. The van der Waals surface area contributed by atoms with Crippen molar-refractivity contribution in [3.8, 4) is 5.69 Å². The van der Waals surface area contributed by atoms with Crippen LogP contribution < -0.4 is 27.1 Å². The number of halogens is 1. The third kappa shape index (κ3) is 6.92. The molecule has 2 aromatic heterocycles. The average molecular weight is 721 g/mol. The number of carbonyl (C=O) groups is 4. The number of benzene rings is 1. The molecular weight excluding hydrogens is 694 g/mol. The van der Waals surface area contributed by atoms with Gasteiger partial charge in [-0.1, -0.05) is 21.7 Å². The molecule has 2 atom stereocenters. The van der Waals surface area contributed by atoms with Crippen molar-refractivity contribution in [2.24, 2.45) is 5.16 Å². The second-order valence-electron chi connectivity index (χ2n) is 10.5. The van der Waals surface area contributed by atoms with Crippen LogP contribution in [-0.2, 0) is 24.0 Å². The van der Waals surface area contributed by atoms with Crippen LogP contribution in [0.15, 0.2) is 57.3 Å². The van der Waals surface area contributed by atoms with Crippen molar-refractivity contribution in [2.75, 3.05) is 28.7 Å². The fourth-order valence-electron chi connectivity index (χ4n) is 4.42. The number of nitrogens with zero attached hydrogens (tertiary/aromatic N) is 5. The number of carbonyl (C=O) groups excluding carboxylic acids is 2. The minimum absolute atomic E-state index is 0.00295. The van der Waals surface area contributed by atoms with Crippen LogP contribution in [-0.4, -0.2) is 83.1 Å². The molecule has 9 N–H and O–H groups in total. The van der Waals surface area contributed by atoms with Gasteiger partial charge < -0.3 is 37.6 Å². The van der Waals surface area contributed by atoms with Gasteiger partial charge in [-0.15, -0.1) is 23.1 Å². The zero-order valence-corrected chi connectivity index (χ0v) is 27.7. The molecule has 47 heavy (non-hydrogen) atoms. The number of β-lactam (4-membered cyclic amide) rings is 1. The van der Waals surface area contributed by atoms with E-state index in [2.05, 4.69) is 20.4 Å². The second kappa shape index (κ2) is 13.3. The lowest BCUT2D eigenvalue weighted by molar-refractivity contribution is -0.626. The Morgan fingerprint density at radius 2 is 1.91 bits per heavy atom. The summed E-state index contributed by atoms with van der Waals surface area (Å²) >= 11 is 9.49. The SMILES string of the molecule is CC(C)(O/N=C(/C(=O)N[C@@H]1C(=O)N2C(C(=O)O)=C(CSc3nc(N)cc(N)[n+]3-c3ccc(Cl)cc3)CS[C@H]12)c1csc(N)n1)C(=O)O. The van der Waals surface area contributed by atoms with E-state index in [1.165, 1.54) is 48.8 Å². The van der Waals surface area contributed by atoms with Crippen molar-refractivity contribution < 1.29 is 38.8 Å². The zero-order chi connectivity index (χ0) is 34.2. The van der Waals surface area contributed by atoms with Crippen molar-refractivity contribution in [3.63, 3.8) is 0 Å². The van der Waals surface area contributed by atoms with E-state index in [1.807, 2.05) is 0 Å². The van der Waals surface area contributed by atoms with Crippen molar-refractivity contribution in [1.29, 1.82) is 0 Å². The lowest BCUT2D eigenvalue weighted by Gasteiger charge is -2.49. The van der Waals surface area contributed by atoms with Crippen LogP contribution in [0.4, 0.5) is 16.8 Å². The highest BCUT2D eigenvalue weighted by Crippen LogP contribution is 2.41. The highest BCUT2D eigenvalue weighted by atomic mass is 35.5. The summed E-state index contributed by atoms with van der Waals surface area (Å²) in [6.07, 6.45) is 0. The zero-order valence-electron chi connectivity index (χ0n) is 24.5. The second-order valence-corrected chi connectivity index (χ2v) is 13.9. The maximum absolute atomic E-state index is 13.3. The van der Waals surface area contributed by atoms with Crippen LogP contribution >= 0.6 is 46.5 Å². The number of nitrogens with one attached hydrogen (secondary N) is 1. The molecule has 1 fully saturated rings. The number of oxime groups is 1. The first kappa shape index (κ1) is 33.8. The maximum atomic E-state index is 13.3. The van der Waals surface area contributed by atoms with Crippen LogP contribution in [0.1, 0.15) is 19.5 Å². The smallest absolute Gasteiger partial charge is 0.352 e. The van der Waals surface area contributed by atoms with E-state index in [0.717, 1.165) is 16.2 Å². The number of hydrogen-bond acceptors (Lipinski definition) is 14. The number of aliphatic carboxylic acids is 2. The lowest BCUT2D eigenvalue weighted by Crippen LogP contribution is -2.71. The summed E-state index contributed by atoms with van der Waals surface area (Å²) in [5, 5.41) is 27.5. The number of carboxylic acids is 2. The number of anilines is 3. The maximum Gasteiger partial charge on any atom is 0.352 e. The van der Waals surface area contributed by atoms with Crippen LogP contribution in [0.2, 0.25) is 5.02 Å². The number of nitrogen functional groups attached to an aromatic ring is 3. The predicted octanol–water partition coefficient (Wildman–Crippen LogP) is 1.33. The van der Waals surface area contributed by atoms with E-state index < -0.39 is 46.5 Å². The summed E-state index contributed by atoms with van der Waals surface area (Å²) in [6.45, 7) is 2.47. The van der Waals surface area contributed by atoms with Gasteiger partial charge in [-0.2, -0.15) is 4.57 Å². The van der Waals surface area contributed by atoms with Crippen molar-refractivity contribution in [1.82, 2.24) is 20.2 Å². The van der Waals surface area contributed by atoms with Gasteiger partial charge in [0.2, 0.25) is 17.2 Å². The molecule has 1 aromatic carbocycles. The minimum Gasteiger partial charge on any atom is -0.478 e. The number of aromatic nitrogens is 3. The standard InChI is InChI=1S/C27H26ClN9O7S3/c1-27(2,24(42)43)44-35-17(14-10-46-25(31)32-14)20(38)34-18-21(39)37-19(23(40)41)11(8-45-22(18)37)9-47-26-33-15(29)7-16(30)36(26)13-5-3-12(28)4-6-13/h3-7,10,18,22H,8-9H2,1-2H3,(H8,29,30,31,32,34,38,40,41,42,43)/p+1/b35-17+/t18-,22-/m1/s1. The molecule has 2 aliphatic heterocycles. The van der Waals surface area contributed by atoms with Crippen LogP contribution in [0.3, 0.4) is 0 Å². The van der Waals surface area contributed by atoms with E-state index in [-0.39, 0.29) is 33.8 Å². The summed E-state index contributed by atoms with van der Waals surface area (Å²) in [4.78, 5) is 65.3. The number of carboxylic acid groups (broad SMARTS) is 2. The Labute approximate surface area is 284 Å². The number of hydrogen-bond donors (Lipinski definition) is 6. The topological polar surface area (TPSA) is 253 Å². The molecule has 2 aliphatic rings. The number of fused-ring (bicyclic) bond motifs is 1. The number of thiazole rings is 1. The van der Waals surface area contributed by atoms with Gasteiger partial charge in [-0.05, 0) is 55.4 Å². The Bertz CT molecular complexity index is 1850. The average Bonchev–Trinajstić information content (AvgIpc) is 3.44. The summed E-state index contributed by atoms with van der Waals surface area (Å²) in [5.41, 5.74) is 16.6. The van der Waals surface area contributed by atoms with E-state index in [1.54, 1.807) is 28.8 Å². The molecule has 0 radical (unpaired) electrons. The van der Waals surface area contributed by atoms with Crippen LogP contribution in [0.5, 0.6) is 0 Å². The van der Waals surface area contributed by atoms with Gasteiger partial charge in [0, 0.05) is 21.9 Å². The van der Waals surface area contributed by atoms with Crippen molar-refractivity contribution in [3.05, 3.63) is 57.7 Å². The molecule has 1 saturated heterocycles. The van der Waals surface area contributed by atoms with E-state index in [0.29, 0.717) is 27.3 Å². The predicted molar refractivity (Wildman–Crippen MR) is 176 cm³/mol. The normalized spacial score (nSPS) is 18.0. The van der Waals surface area contributed by atoms with Crippen molar-refractivity contribution >= 4 is 92.7 Å². The molecule has 0 spiro atoms. The first-order chi connectivity index (χ1) is 22.2. The van der Waals surface area contributed by atoms with Crippen LogP contribution in [0, 0.1) is 0 Å². The molecule has 2 amide bonds. The molecule has 0 unspecified atom stereocenters. The summed E-state index contributed by atoms with van der Waals surface area (Å²) < 4.78 is 1.65. The highest BCUT2D eigenvalue weighted by Gasteiger charge is 2.54. The van der Waals surface area contributed by atoms with Crippen molar-refractivity contribution in [2.45, 2.75) is 36.0 Å². The molecule has 0 aliphatic carbocycles. The monoisotopic (exact) mass is 720 g/mol. The summed E-state index contributed by atoms with van der Waals surface area (Å²) in [5.74, 6) is -3.41. The van der Waals surface area contributed by atoms with Crippen LogP contribution in [0.25, 0.3) is 5.69 Å². The molecule has 3 aromatic rings. The van der Waals surface area contributed by atoms with Gasteiger partial charge in [0.15, 0.2) is 10.8 Å². The number of rotatable bonds is 11. The first-order valence-electron chi connectivity index (χ1n) is 13.5. The van der Waals surface area contributed by atoms with E-state index >= 15 is 0 Å².